The number of aliphatic carboxylic acids is 1. The number of piperidine rings is 1. The molecular formula is C49H73BrN8O12S. The van der Waals surface area contributed by atoms with E-state index in [4.69, 9.17) is 9.47 Å². The molecule has 20 nitrogen and oxygen atoms in total. The molecule has 1 saturated heterocycles. The van der Waals surface area contributed by atoms with Crippen molar-refractivity contribution < 1.29 is 58.0 Å². The van der Waals surface area contributed by atoms with Gasteiger partial charge in [-0.2, -0.15) is 0 Å². The van der Waals surface area contributed by atoms with E-state index in [1.54, 1.807) is 18.0 Å². The minimum atomic E-state index is -1.08. The van der Waals surface area contributed by atoms with E-state index in [2.05, 4.69) is 47.5 Å². The topological polar surface area (TPSA) is 275 Å². The summed E-state index contributed by atoms with van der Waals surface area (Å²) in [5.74, 6) is -5.64. The number of aromatic hydroxyl groups is 1. The van der Waals surface area contributed by atoms with Crippen LogP contribution in [-0.2, 0) is 49.5 Å². The third-order valence-electron chi connectivity index (χ3n) is 12.4. The van der Waals surface area contributed by atoms with Gasteiger partial charge in [-0.15, -0.1) is 11.3 Å². The summed E-state index contributed by atoms with van der Waals surface area (Å²) >= 11 is 4.16. The zero-order valence-electron chi connectivity index (χ0n) is 42.3. The van der Waals surface area contributed by atoms with Gasteiger partial charge in [0, 0.05) is 70.6 Å². The fourth-order valence-electron chi connectivity index (χ4n) is 8.09. The average molecular weight is 1080 g/mol. The third-order valence-corrected chi connectivity index (χ3v) is 13.9. The average Bonchev–Trinajstić information content (AvgIpc) is 3.82. The Labute approximate surface area is 428 Å². The van der Waals surface area contributed by atoms with Gasteiger partial charge in [0.25, 0.3) is 11.8 Å². The molecule has 1 fully saturated rings. The van der Waals surface area contributed by atoms with Crippen LogP contribution in [0.5, 0.6) is 5.75 Å². The van der Waals surface area contributed by atoms with Gasteiger partial charge in [0.1, 0.15) is 22.5 Å². The summed E-state index contributed by atoms with van der Waals surface area (Å²) in [6.45, 7) is 12.0. The number of rotatable bonds is 28. The Morgan fingerprint density at radius 2 is 1.75 bits per heavy atom. The molecule has 2 aromatic rings. The number of benzene rings is 1. The van der Waals surface area contributed by atoms with Crippen molar-refractivity contribution >= 4 is 80.3 Å². The van der Waals surface area contributed by atoms with Crippen molar-refractivity contribution in [2.75, 3.05) is 52.8 Å². The maximum absolute atomic E-state index is 14.3. The number of anilines is 1. The molecule has 7 atom stereocenters. The molecule has 0 spiro atoms. The molecule has 0 radical (unpaired) electrons. The van der Waals surface area contributed by atoms with E-state index >= 15 is 0 Å². The molecule has 394 valence electrons. The van der Waals surface area contributed by atoms with Crippen LogP contribution < -0.4 is 26.6 Å². The van der Waals surface area contributed by atoms with Crippen LogP contribution in [0.1, 0.15) is 120 Å². The lowest BCUT2D eigenvalue weighted by Gasteiger charge is -2.38. The van der Waals surface area contributed by atoms with Gasteiger partial charge in [-0.3, -0.25) is 43.3 Å². The van der Waals surface area contributed by atoms with Crippen LogP contribution in [-0.4, -0.2) is 144 Å². The number of carboxylic acids is 1. The number of likely N-dealkylation sites (tertiary alicyclic amines) is 1. The summed E-state index contributed by atoms with van der Waals surface area (Å²) in [5, 5.41) is 36.0. The molecular weight excluding hydrogens is 1000 g/mol. The molecule has 1 aromatic carbocycles. The lowest BCUT2D eigenvalue weighted by molar-refractivity contribution is -0.149. The number of hydrogen-bond acceptors (Lipinski definition) is 14. The maximum atomic E-state index is 14.3. The highest BCUT2D eigenvalue weighted by Crippen LogP contribution is 2.32. The number of carbonyl (C=O) groups is 8. The molecule has 0 bridgehead atoms. The first-order valence-electron chi connectivity index (χ1n) is 24.0. The molecule has 2 heterocycles. The second kappa shape index (κ2) is 29.8. The number of esters is 1. The highest BCUT2D eigenvalue weighted by atomic mass is 79.9. The molecule has 7 N–H and O–H groups in total. The van der Waals surface area contributed by atoms with Crippen LogP contribution >= 0.6 is 27.3 Å². The van der Waals surface area contributed by atoms with Crippen LogP contribution in [0.2, 0.25) is 0 Å². The van der Waals surface area contributed by atoms with Crippen molar-refractivity contribution in [2.45, 2.75) is 130 Å². The number of hydrogen-bond donors (Lipinski definition) is 7. The number of ether oxygens (including phenoxy) is 2. The van der Waals surface area contributed by atoms with Crippen molar-refractivity contribution in [3.8, 4) is 5.75 Å². The smallest absolute Gasteiger partial charge is 0.306 e. The van der Waals surface area contributed by atoms with E-state index < -0.39 is 65.7 Å². The lowest BCUT2D eigenvalue weighted by Crippen LogP contribution is -2.58. The number of likely N-dealkylation sites (N-methyl/N-ethyl adjacent to an activating group) is 2. The Balaban J connectivity index is 1.74. The number of carboxylic acid groups (broad SMARTS) is 1. The number of thiazole rings is 1. The second-order valence-electron chi connectivity index (χ2n) is 18.4. The maximum Gasteiger partial charge on any atom is 0.306 e. The largest absolute Gasteiger partial charge is 0.506 e. The summed E-state index contributed by atoms with van der Waals surface area (Å²) in [6.07, 6.45) is 3.89. The van der Waals surface area contributed by atoms with Crippen LogP contribution in [0.15, 0.2) is 34.1 Å². The highest BCUT2D eigenvalue weighted by Gasteiger charge is 2.37. The summed E-state index contributed by atoms with van der Waals surface area (Å²) in [7, 11) is 5.09. The van der Waals surface area contributed by atoms with E-state index in [-0.39, 0.29) is 96.5 Å². The standard InChI is InChI=1S/C49H73BrN8O12S/c1-10-29(4)43(56-46(65)37-14-11-12-20-57(37)7)48(66)58(8)38(28(2)3)26-40(70-31(6)59)47-55-36(27-71-47)45(64)53-33(22-30(5)49(67)68)23-32-16-17-39(60)35(24-32)54-41(61)15-13-18-51-42(62)25-34(50)44(63)52-19-21-69-9/h16-17,24-25,27-30,33,37-38,40,43,60H,10-15,18-23,26H2,1-9H3,(H,51,62)(H,52,63)(H,53,64)(H,54,61)(H,56,65)(H,67,68)/b34-25+/t29-,30?,33+,37?,38+,40+,43-/m0/s1. The zero-order valence-corrected chi connectivity index (χ0v) is 44.7. The normalized spacial score (nSPS) is 16.6. The molecule has 22 heteroatoms. The summed E-state index contributed by atoms with van der Waals surface area (Å²) in [5.41, 5.74) is 0.634. The quantitative estimate of drug-likeness (QED) is 0.0264. The van der Waals surface area contributed by atoms with Gasteiger partial charge in [0.15, 0.2) is 6.10 Å². The second-order valence-corrected chi connectivity index (χ2v) is 20.2. The van der Waals surface area contributed by atoms with Crippen LogP contribution in [0.25, 0.3) is 0 Å². The molecule has 0 aliphatic carbocycles. The van der Waals surface area contributed by atoms with E-state index in [1.807, 2.05) is 39.6 Å². The van der Waals surface area contributed by atoms with Gasteiger partial charge in [-0.1, -0.05) is 53.5 Å². The third kappa shape index (κ3) is 19.6. The molecule has 71 heavy (non-hydrogen) atoms. The Hall–Kier alpha value is -5.45. The SMILES string of the molecule is CC[C@H](C)[C@H](NC(=O)C1CCCCN1C)C(=O)N(C)[C@H](C[C@@H](OC(C)=O)c1nc(C(=O)N[C@@H](Cc2ccc(O)c(NC(=O)CCCNC(=O)/C=C(/Br)C(=O)NCCOC)c2)CC(C)C(=O)O)cs1)C(C)C. The van der Waals surface area contributed by atoms with Gasteiger partial charge in [0.2, 0.25) is 23.6 Å². The van der Waals surface area contributed by atoms with Crippen molar-refractivity contribution in [3.05, 3.63) is 50.4 Å². The molecule has 1 aliphatic heterocycles. The molecule has 6 amide bonds. The number of amides is 6. The van der Waals surface area contributed by atoms with Gasteiger partial charge in [0.05, 0.1) is 28.7 Å². The predicted molar refractivity (Wildman–Crippen MR) is 272 cm³/mol. The number of nitrogens with one attached hydrogen (secondary N) is 5. The Morgan fingerprint density at radius 1 is 1.03 bits per heavy atom. The summed E-state index contributed by atoms with van der Waals surface area (Å²) in [6, 6.07) is 2.13. The van der Waals surface area contributed by atoms with Crippen molar-refractivity contribution in [1.29, 1.82) is 0 Å². The van der Waals surface area contributed by atoms with E-state index in [1.165, 1.54) is 38.5 Å². The molecule has 0 saturated carbocycles. The van der Waals surface area contributed by atoms with Crippen LogP contribution in [0, 0.1) is 17.8 Å². The van der Waals surface area contributed by atoms with Gasteiger partial charge >= 0.3 is 11.9 Å². The van der Waals surface area contributed by atoms with Crippen LogP contribution in [0.3, 0.4) is 0 Å². The highest BCUT2D eigenvalue weighted by molar-refractivity contribution is 9.12. The van der Waals surface area contributed by atoms with E-state index in [0.29, 0.717) is 30.0 Å². The Bertz CT molecular complexity index is 2190. The predicted octanol–water partition coefficient (Wildman–Crippen LogP) is 4.67. The number of phenolic OH excluding ortho intramolecular Hbond substituents is 1. The minimum absolute atomic E-state index is 0.00478. The van der Waals surface area contributed by atoms with E-state index in [0.717, 1.165) is 36.8 Å². The molecule has 1 aliphatic rings. The molecule has 2 unspecified atom stereocenters. The number of phenols is 1. The summed E-state index contributed by atoms with van der Waals surface area (Å²) in [4.78, 5) is 112. The van der Waals surface area contributed by atoms with Crippen molar-refractivity contribution in [3.63, 3.8) is 0 Å². The van der Waals surface area contributed by atoms with Crippen molar-refractivity contribution in [2.24, 2.45) is 17.8 Å². The van der Waals surface area contributed by atoms with E-state index in [9.17, 15) is 48.6 Å². The first-order valence-corrected chi connectivity index (χ1v) is 25.7. The number of aromatic nitrogens is 1. The van der Waals surface area contributed by atoms with Crippen LogP contribution in [0.4, 0.5) is 5.69 Å². The monoisotopic (exact) mass is 1080 g/mol. The first kappa shape index (κ1) is 59.9. The Morgan fingerprint density at radius 3 is 2.38 bits per heavy atom. The zero-order chi connectivity index (χ0) is 52.9. The first-order chi connectivity index (χ1) is 33.6. The van der Waals surface area contributed by atoms with Gasteiger partial charge < -0.3 is 51.2 Å². The lowest BCUT2D eigenvalue weighted by atomic mass is 9.92. The number of nitrogens with zero attached hydrogens (tertiary/aromatic N) is 3. The molecule has 3 rings (SSSR count). The fourth-order valence-corrected chi connectivity index (χ4v) is 9.28. The summed E-state index contributed by atoms with van der Waals surface area (Å²) < 4.78 is 10.7. The van der Waals surface area contributed by atoms with Crippen molar-refractivity contribution in [1.82, 2.24) is 36.1 Å². The van der Waals surface area contributed by atoms with Gasteiger partial charge in [-0.25, -0.2) is 4.98 Å². The molecule has 1 aromatic heterocycles. The number of halogens is 1. The fraction of sp³-hybridized carbons (Fsp3) is 0.612. The number of methoxy groups -OCH3 is 1. The van der Waals surface area contributed by atoms with Gasteiger partial charge in [-0.05, 0) is 91.2 Å². The minimum Gasteiger partial charge on any atom is -0.506 e. The number of carbonyl (C=O) groups excluding carboxylic acids is 7. The Kier molecular flexibility index (Phi) is 25.1.